The van der Waals surface area contributed by atoms with Gasteiger partial charge in [-0.05, 0) is 26.0 Å². The summed E-state index contributed by atoms with van der Waals surface area (Å²) in [6, 6.07) is 4.28. The topological polar surface area (TPSA) is 43.1 Å². The van der Waals surface area contributed by atoms with Gasteiger partial charge in [-0.1, -0.05) is 22.8 Å². The average molecular weight is 254 g/mol. The molecule has 1 heterocycles. The van der Waals surface area contributed by atoms with Crippen LogP contribution in [0.2, 0.25) is 5.02 Å². The normalized spacial score (nSPS) is 10.6. The zero-order chi connectivity index (χ0) is 12.6. The Morgan fingerprint density at radius 3 is 2.76 bits per heavy atom. The van der Waals surface area contributed by atoms with Gasteiger partial charge in [-0.3, -0.25) is 4.79 Å². The Kier molecular flexibility index (Phi) is 2.98. The number of aromatic nitrogens is 1. The van der Waals surface area contributed by atoms with Crippen LogP contribution in [0.3, 0.4) is 0 Å². The smallest absolute Gasteiger partial charge is 0.165 e. The second-order valence-corrected chi connectivity index (χ2v) is 4.02. The Labute approximate surface area is 102 Å². The number of hydrogen-bond donors (Lipinski definition) is 0. The minimum absolute atomic E-state index is 0.0937. The maximum absolute atomic E-state index is 13.7. The molecule has 0 atom stereocenters. The Hall–Kier alpha value is -1.68. The van der Waals surface area contributed by atoms with Crippen molar-refractivity contribution in [3.8, 4) is 11.3 Å². The number of benzene rings is 1. The highest BCUT2D eigenvalue weighted by Gasteiger charge is 2.22. The first-order valence-electron chi connectivity index (χ1n) is 4.94. The molecule has 2 aromatic rings. The van der Waals surface area contributed by atoms with Gasteiger partial charge < -0.3 is 4.52 Å². The van der Waals surface area contributed by atoms with E-state index in [1.54, 1.807) is 6.92 Å². The van der Waals surface area contributed by atoms with Gasteiger partial charge in [-0.2, -0.15) is 0 Å². The highest BCUT2D eigenvalue weighted by molar-refractivity contribution is 6.33. The predicted molar refractivity (Wildman–Crippen MR) is 61.6 cm³/mol. The molecule has 0 saturated heterocycles. The van der Waals surface area contributed by atoms with Crippen molar-refractivity contribution in [3.63, 3.8) is 0 Å². The van der Waals surface area contributed by atoms with Crippen molar-refractivity contribution in [2.24, 2.45) is 0 Å². The first-order valence-corrected chi connectivity index (χ1v) is 5.31. The molecule has 0 saturated carbocycles. The van der Waals surface area contributed by atoms with E-state index in [0.29, 0.717) is 5.76 Å². The van der Waals surface area contributed by atoms with E-state index >= 15 is 0 Å². The first kappa shape index (κ1) is 11.8. The predicted octanol–water partition coefficient (Wildman–Crippen LogP) is 3.65. The van der Waals surface area contributed by atoms with Crippen LogP contribution in [-0.2, 0) is 0 Å². The van der Waals surface area contributed by atoms with Crippen molar-refractivity contribution >= 4 is 17.4 Å². The summed E-state index contributed by atoms with van der Waals surface area (Å²) in [6.45, 7) is 2.97. The lowest BCUT2D eigenvalue weighted by Gasteiger charge is -2.03. The Morgan fingerprint density at radius 1 is 1.47 bits per heavy atom. The lowest BCUT2D eigenvalue weighted by atomic mass is 10.0. The molecule has 5 heteroatoms. The molecule has 0 amide bonds. The number of ketones is 1. The molecule has 0 aliphatic rings. The first-order chi connectivity index (χ1) is 8.02. The van der Waals surface area contributed by atoms with Gasteiger partial charge in [0.25, 0.3) is 0 Å². The van der Waals surface area contributed by atoms with Crippen molar-refractivity contribution < 1.29 is 13.7 Å². The fourth-order valence-corrected chi connectivity index (χ4v) is 1.93. The van der Waals surface area contributed by atoms with Gasteiger partial charge in [-0.15, -0.1) is 0 Å². The van der Waals surface area contributed by atoms with E-state index in [9.17, 15) is 9.18 Å². The van der Waals surface area contributed by atoms with Gasteiger partial charge in [-0.25, -0.2) is 4.39 Å². The summed E-state index contributed by atoms with van der Waals surface area (Å²) in [5, 5.41) is 3.90. The van der Waals surface area contributed by atoms with Crippen molar-refractivity contribution in [1.82, 2.24) is 5.16 Å². The molecular weight excluding hydrogens is 245 g/mol. The SMILES string of the molecule is CC(=O)c1c(-c2c(F)cccc2Cl)noc1C. The summed E-state index contributed by atoms with van der Waals surface area (Å²) in [6.07, 6.45) is 0. The van der Waals surface area contributed by atoms with Crippen LogP contribution in [0, 0.1) is 12.7 Å². The van der Waals surface area contributed by atoms with Gasteiger partial charge in [0.2, 0.25) is 0 Å². The molecule has 88 valence electrons. The third-order valence-electron chi connectivity index (χ3n) is 2.41. The number of rotatable bonds is 2. The van der Waals surface area contributed by atoms with E-state index in [-0.39, 0.29) is 27.6 Å². The number of aryl methyl sites for hydroxylation is 1. The molecule has 2 rings (SSSR count). The zero-order valence-corrected chi connectivity index (χ0v) is 10.0. The van der Waals surface area contributed by atoms with E-state index in [1.807, 2.05) is 0 Å². The molecule has 0 unspecified atom stereocenters. The van der Waals surface area contributed by atoms with Crippen LogP contribution in [-0.4, -0.2) is 10.9 Å². The Balaban J connectivity index is 2.73. The number of Topliss-reactive ketones (excluding diaryl/α,β-unsaturated/α-hetero) is 1. The Bertz CT molecular complexity index is 572. The summed E-state index contributed by atoms with van der Waals surface area (Å²) in [5.74, 6) is -0.418. The standard InChI is InChI=1S/C12H9ClFNO2/c1-6(16)10-7(2)17-15-12(10)11-8(13)4-3-5-9(11)14/h3-5H,1-2H3. The van der Waals surface area contributed by atoms with Crippen LogP contribution < -0.4 is 0 Å². The zero-order valence-electron chi connectivity index (χ0n) is 9.25. The van der Waals surface area contributed by atoms with Gasteiger partial charge in [0, 0.05) is 0 Å². The second-order valence-electron chi connectivity index (χ2n) is 3.62. The number of hydrogen-bond acceptors (Lipinski definition) is 3. The van der Waals surface area contributed by atoms with Crippen molar-refractivity contribution in [2.45, 2.75) is 13.8 Å². The summed E-state index contributed by atoms with van der Waals surface area (Å²) in [5.41, 5.74) is 0.506. The second kappa shape index (κ2) is 4.30. The third kappa shape index (κ3) is 1.96. The summed E-state index contributed by atoms with van der Waals surface area (Å²) >= 11 is 5.92. The fraction of sp³-hybridized carbons (Fsp3) is 0.167. The number of nitrogens with zero attached hydrogens (tertiary/aromatic N) is 1. The molecule has 0 aliphatic carbocycles. The van der Waals surface area contributed by atoms with Gasteiger partial charge in [0.15, 0.2) is 5.78 Å². The lowest BCUT2D eigenvalue weighted by molar-refractivity contribution is 0.101. The largest absolute Gasteiger partial charge is 0.360 e. The van der Waals surface area contributed by atoms with E-state index in [2.05, 4.69) is 5.16 Å². The fourth-order valence-electron chi connectivity index (χ4n) is 1.68. The van der Waals surface area contributed by atoms with Crippen molar-refractivity contribution in [1.29, 1.82) is 0 Å². The van der Waals surface area contributed by atoms with Crippen LogP contribution in [0.15, 0.2) is 22.7 Å². The number of halogens is 2. The lowest BCUT2D eigenvalue weighted by Crippen LogP contribution is -1.97. The summed E-state index contributed by atoms with van der Waals surface area (Å²) in [4.78, 5) is 11.5. The number of carbonyl (C=O) groups excluding carboxylic acids is 1. The van der Waals surface area contributed by atoms with Gasteiger partial charge >= 0.3 is 0 Å². The van der Waals surface area contributed by atoms with Crippen molar-refractivity contribution in [2.75, 3.05) is 0 Å². The van der Waals surface area contributed by atoms with E-state index in [4.69, 9.17) is 16.1 Å². The molecule has 1 aromatic carbocycles. The molecule has 3 nitrogen and oxygen atoms in total. The van der Waals surface area contributed by atoms with E-state index in [0.717, 1.165) is 0 Å². The summed E-state index contributed by atoms with van der Waals surface area (Å²) < 4.78 is 18.6. The van der Waals surface area contributed by atoms with Crippen LogP contribution in [0.5, 0.6) is 0 Å². The number of carbonyl (C=O) groups is 1. The molecule has 0 fully saturated rings. The minimum atomic E-state index is -0.534. The molecule has 0 spiro atoms. The maximum atomic E-state index is 13.7. The Morgan fingerprint density at radius 2 is 2.18 bits per heavy atom. The van der Waals surface area contributed by atoms with E-state index < -0.39 is 5.82 Å². The van der Waals surface area contributed by atoms with Crippen LogP contribution in [0.4, 0.5) is 4.39 Å². The minimum Gasteiger partial charge on any atom is -0.360 e. The van der Waals surface area contributed by atoms with E-state index in [1.165, 1.54) is 25.1 Å². The van der Waals surface area contributed by atoms with Crippen LogP contribution in [0.25, 0.3) is 11.3 Å². The quantitative estimate of drug-likeness (QED) is 0.768. The molecule has 0 bridgehead atoms. The van der Waals surface area contributed by atoms with Crippen molar-refractivity contribution in [3.05, 3.63) is 40.4 Å². The maximum Gasteiger partial charge on any atom is 0.165 e. The highest BCUT2D eigenvalue weighted by atomic mass is 35.5. The van der Waals surface area contributed by atoms with Gasteiger partial charge in [0.05, 0.1) is 16.1 Å². The molecule has 0 N–H and O–H groups in total. The highest BCUT2D eigenvalue weighted by Crippen LogP contribution is 2.33. The third-order valence-corrected chi connectivity index (χ3v) is 2.73. The molecule has 17 heavy (non-hydrogen) atoms. The molecule has 0 aliphatic heterocycles. The monoisotopic (exact) mass is 253 g/mol. The van der Waals surface area contributed by atoms with Crippen LogP contribution in [0.1, 0.15) is 23.0 Å². The van der Waals surface area contributed by atoms with Crippen LogP contribution >= 0.6 is 11.6 Å². The summed E-state index contributed by atoms with van der Waals surface area (Å²) in [7, 11) is 0. The van der Waals surface area contributed by atoms with Gasteiger partial charge in [0.1, 0.15) is 17.3 Å². The average Bonchev–Trinajstić information content (AvgIpc) is 2.60. The molecule has 0 radical (unpaired) electrons. The molecule has 1 aromatic heterocycles. The molecular formula is C12H9ClFNO2.